The maximum atomic E-state index is 12.7. The Balaban J connectivity index is 1.56. The summed E-state index contributed by atoms with van der Waals surface area (Å²) in [7, 11) is -0.446. The van der Waals surface area contributed by atoms with Crippen LogP contribution in [0, 0.1) is 0 Å². The number of hydrogen-bond donors (Lipinski definition) is 6. The van der Waals surface area contributed by atoms with E-state index in [1.807, 2.05) is 11.9 Å². The summed E-state index contributed by atoms with van der Waals surface area (Å²) in [5.41, 5.74) is 13.8. The number of carboxylic acids is 1. The number of nitrogens with one attached hydrogen (secondary N) is 2. The van der Waals surface area contributed by atoms with Crippen LogP contribution in [0.15, 0.2) is 30.5 Å². The predicted molar refractivity (Wildman–Crippen MR) is 148 cm³/mol. The van der Waals surface area contributed by atoms with Gasteiger partial charge in [0, 0.05) is 31.3 Å². The molecule has 0 spiro atoms. The van der Waals surface area contributed by atoms with E-state index in [0.717, 1.165) is 5.69 Å². The van der Waals surface area contributed by atoms with Crippen molar-refractivity contribution in [1.82, 2.24) is 30.6 Å². The Morgan fingerprint density at radius 1 is 1.10 bits per heavy atom. The fraction of sp³-hybridized carbons (Fsp3) is 0.375. The highest BCUT2D eigenvalue weighted by atomic mass is 28.4. The van der Waals surface area contributed by atoms with Crippen molar-refractivity contribution < 1.29 is 24.3 Å². The first-order chi connectivity index (χ1) is 18.3. The Hall–Kier alpha value is -4.37. The topological polar surface area (TPSA) is 223 Å². The van der Waals surface area contributed by atoms with Crippen LogP contribution in [-0.4, -0.2) is 75.6 Å². The molecule has 0 unspecified atom stereocenters. The summed E-state index contributed by atoms with van der Waals surface area (Å²) in [5.74, 6) is -1.99. The van der Waals surface area contributed by atoms with Crippen molar-refractivity contribution >= 4 is 54.7 Å². The van der Waals surface area contributed by atoms with Gasteiger partial charge >= 0.3 is 5.97 Å². The summed E-state index contributed by atoms with van der Waals surface area (Å²) < 4.78 is 0. The van der Waals surface area contributed by atoms with Crippen LogP contribution in [0.5, 0.6) is 0 Å². The maximum Gasteiger partial charge on any atom is 0.326 e. The van der Waals surface area contributed by atoms with Gasteiger partial charge in [-0.2, -0.15) is 9.97 Å². The first kappa shape index (κ1) is 29.2. The Morgan fingerprint density at radius 3 is 2.44 bits per heavy atom. The molecule has 0 saturated heterocycles. The molecule has 0 aliphatic rings. The van der Waals surface area contributed by atoms with Crippen molar-refractivity contribution in [1.29, 1.82) is 0 Å². The molecule has 2 amide bonds. The molecule has 0 saturated carbocycles. The standard InChI is InChI=1S/C24H33N9O5Si/c1-33(13-15-12-28-21-19(29-15)20(25)31-24(26)32-21)16-6-4-14(5-7-16)22(35)30-17(23(36)37)8-9-18(34)27-10-11-39(2,3)38/h4-7,12,17,38H,8-11,13H2,1-3H3,(H,27,34)(H,30,35)(H,36,37)(H4,25,26,28,31,32)/t17-/m0/s1. The first-order valence-corrected chi connectivity index (χ1v) is 15.4. The van der Waals surface area contributed by atoms with E-state index in [4.69, 9.17) is 11.5 Å². The largest absolute Gasteiger partial charge is 0.480 e. The van der Waals surface area contributed by atoms with Gasteiger partial charge in [-0.15, -0.1) is 0 Å². The van der Waals surface area contributed by atoms with Crippen molar-refractivity contribution in [2.45, 2.75) is 44.6 Å². The molecule has 14 nitrogen and oxygen atoms in total. The molecule has 15 heteroatoms. The molecule has 0 radical (unpaired) electrons. The molecule has 2 aromatic heterocycles. The molecule has 3 aromatic rings. The number of carbonyl (C=O) groups excluding carboxylic acids is 2. The number of nitrogen functional groups attached to an aromatic ring is 2. The van der Waals surface area contributed by atoms with Crippen LogP contribution in [0.25, 0.3) is 11.2 Å². The molecule has 2 heterocycles. The minimum absolute atomic E-state index is 0.0168. The number of aliphatic carboxylic acids is 1. The fourth-order valence-electron chi connectivity index (χ4n) is 3.63. The van der Waals surface area contributed by atoms with E-state index in [1.54, 1.807) is 43.6 Å². The van der Waals surface area contributed by atoms with Gasteiger partial charge in [-0.25, -0.2) is 14.8 Å². The van der Waals surface area contributed by atoms with Crippen LogP contribution in [-0.2, 0) is 16.1 Å². The van der Waals surface area contributed by atoms with Crippen molar-refractivity contribution in [2.75, 3.05) is 30.0 Å². The third-order valence-corrected chi connectivity index (χ3v) is 7.27. The van der Waals surface area contributed by atoms with Gasteiger partial charge in [0.25, 0.3) is 5.91 Å². The average Bonchev–Trinajstić information content (AvgIpc) is 2.85. The number of carbonyl (C=O) groups is 3. The van der Waals surface area contributed by atoms with Crippen LogP contribution >= 0.6 is 0 Å². The zero-order valence-corrected chi connectivity index (χ0v) is 23.0. The molecule has 208 valence electrons. The van der Waals surface area contributed by atoms with Gasteiger partial charge in [-0.3, -0.25) is 9.59 Å². The lowest BCUT2D eigenvalue weighted by molar-refractivity contribution is -0.139. The lowest BCUT2D eigenvalue weighted by Gasteiger charge is -2.19. The third kappa shape index (κ3) is 8.58. The number of nitrogens with two attached hydrogens (primary N) is 2. The van der Waals surface area contributed by atoms with E-state index < -0.39 is 26.2 Å². The SMILES string of the molecule is CN(Cc1cnc2nc(N)nc(N)c2n1)c1ccc(C(=O)N[C@@H](CCC(=O)NCC[Si](C)(C)O)C(=O)O)cc1. The van der Waals surface area contributed by atoms with Crippen molar-refractivity contribution in [2.24, 2.45) is 0 Å². The molecule has 0 fully saturated rings. The molecular weight excluding hydrogens is 522 g/mol. The number of benzene rings is 1. The predicted octanol–water partition coefficient (Wildman–Crippen LogP) is 0.497. The minimum Gasteiger partial charge on any atom is -0.480 e. The Bertz CT molecular complexity index is 1350. The van der Waals surface area contributed by atoms with Crippen molar-refractivity contribution in [3.05, 3.63) is 41.7 Å². The highest BCUT2D eigenvalue weighted by molar-refractivity contribution is 6.69. The number of amides is 2. The first-order valence-electron chi connectivity index (χ1n) is 12.2. The highest BCUT2D eigenvalue weighted by Crippen LogP contribution is 2.19. The van der Waals surface area contributed by atoms with E-state index in [0.29, 0.717) is 36.0 Å². The van der Waals surface area contributed by atoms with Gasteiger partial charge < -0.3 is 36.9 Å². The molecule has 39 heavy (non-hydrogen) atoms. The molecular formula is C24H33N9O5Si. The van der Waals surface area contributed by atoms with Gasteiger partial charge in [-0.1, -0.05) is 0 Å². The minimum atomic E-state index is -2.28. The Labute approximate surface area is 226 Å². The molecule has 3 rings (SSSR count). The van der Waals surface area contributed by atoms with Gasteiger partial charge in [0.2, 0.25) is 11.9 Å². The second-order valence-corrected chi connectivity index (χ2v) is 13.8. The normalized spacial score (nSPS) is 12.1. The lowest BCUT2D eigenvalue weighted by atomic mass is 10.1. The number of aromatic nitrogens is 4. The Kier molecular flexibility index (Phi) is 9.32. The van der Waals surface area contributed by atoms with Crippen LogP contribution in [0.1, 0.15) is 28.9 Å². The van der Waals surface area contributed by atoms with E-state index >= 15 is 0 Å². The average molecular weight is 556 g/mol. The van der Waals surface area contributed by atoms with Gasteiger partial charge in [0.05, 0.1) is 18.4 Å². The number of nitrogens with zero attached hydrogens (tertiary/aromatic N) is 5. The smallest absolute Gasteiger partial charge is 0.326 e. The zero-order chi connectivity index (χ0) is 28.7. The van der Waals surface area contributed by atoms with Crippen LogP contribution in [0.3, 0.4) is 0 Å². The summed E-state index contributed by atoms with van der Waals surface area (Å²) in [6.45, 7) is 4.23. The second-order valence-electron chi connectivity index (χ2n) is 9.72. The zero-order valence-electron chi connectivity index (χ0n) is 22.0. The lowest BCUT2D eigenvalue weighted by Crippen LogP contribution is -2.42. The van der Waals surface area contributed by atoms with Gasteiger partial charge in [-0.05, 0) is 49.8 Å². The molecule has 1 aromatic carbocycles. The number of carboxylic acid groups (broad SMARTS) is 1. The number of anilines is 3. The maximum absolute atomic E-state index is 12.7. The van der Waals surface area contributed by atoms with Gasteiger partial charge in [0.15, 0.2) is 25.3 Å². The van der Waals surface area contributed by atoms with E-state index in [-0.39, 0.29) is 36.1 Å². The molecule has 0 aliphatic heterocycles. The molecule has 8 N–H and O–H groups in total. The van der Waals surface area contributed by atoms with Crippen molar-refractivity contribution in [3.8, 4) is 0 Å². The Morgan fingerprint density at radius 2 is 1.79 bits per heavy atom. The molecule has 0 bridgehead atoms. The third-order valence-electron chi connectivity index (χ3n) is 5.79. The highest BCUT2D eigenvalue weighted by Gasteiger charge is 2.22. The van der Waals surface area contributed by atoms with Crippen molar-refractivity contribution in [3.63, 3.8) is 0 Å². The number of hydrogen-bond acceptors (Lipinski definition) is 11. The quantitative estimate of drug-likeness (QED) is 0.168. The van der Waals surface area contributed by atoms with Crippen LogP contribution < -0.4 is 27.0 Å². The summed E-state index contributed by atoms with van der Waals surface area (Å²) in [6, 6.07) is 5.86. The summed E-state index contributed by atoms with van der Waals surface area (Å²) in [6.07, 6.45) is 1.42. The number of rotatable bonds is 12. The monoisotopic (exact) mass is 555 g/mol. The second kappa shape index (κ2) is 12.4. The fourth-order valence-corrected chi connectivity index (χ4v) is 4.37. The van der Waals surface area contributed by atoms with E-state index in [1.165, 1.54) is 0 Å². The summed E-state index contributed by atoms with van der Waals surface area (Å²) >= 11 is 0. The molecule has 1 atom stereocenters. The van der Waals surface area contributed by atoms with Crippen LogP contribution in [0.2, 0.25) is 19.1 Å². The van der Waals surface area contributed by atoms with E-state index in [2.05, 4.69) is 30.6 Å². The van der Waals surface area contributed by atoms with Crippen LogP contribution in [0.4, 0.5) is 17.5 Å². The molecule has 0 aliphatic carbocycles. The van der Waals surface area contributed by atoms with E-state index in [9.17, 15) is 24.3 Å². The summed E-state index contributed by atoms with van der Waals surface area (Å²) in [4.78, 5) is 64.7. The summed E-state index contributed by atoms with van der Waals surface area (Å²) in [5, 5.41) is 14.6. The number of fused-ring (bicyclic) bond motifs is 1. The van der Waals surface area contributed by atoms with Gasteiger partial charge in [0.1, 0.15) is 6.04 Å².